The molecule has 3 aromatic rings. The normalized spacial score (nSPS) is 12.0. The number of aryl methyl sites for hydroxylation is 1. The minimum absolute atomic E-state index is 0.119. The summed E-state index contributed by atoms with van der Waals surface area (Å²) in [6.07, 6.45) is 5.52. The zero-order valence-electron chi connectivity index (χ0n) is 14.6. The highest BCUT2D eigenvalue weighted by atomic mass is 16.5. The van der Waals surface area contributed by atoms with E-state index in [1.54, 1.807) is 26.6 Å². The zero-order valence-corrected chi connectivity index (χ0v) is 14.6. The van der Waals surface area contributed by atoms with Crippen molar-refractivity contribution in [1.29, 1.82) is 0 Å². The quantitative estimate of drug-likeness (QED) is 0.718. The van der Waals surface area contributed by atoms with Crippen molar-refractivity contribution in [3.63, 3.8) is 0 Å². The van der Waals surface area contributed by atoms with Gasteiger partial charge in [-0.2, -0.15) is 0 Å². The number of hydrogen-bond donors (Lipinski definition) is 1. The molecule has 0 aliphatic rings. The standard InChI is InChI=1S/C19H22N4O2/c1-23-9-8-21-19(23)18(22-13-15-6-4-5-7-20-15)14-10-16(24-2)12-17(11-14)25-3/h4-12,18,22H,13H2,1-3H3. The second-order valence-corrected chi connectivity index (χ2v) is 5.68. The largest absolute Gasteiger partial charge is 0.497 e. The van der Waals surface area contributed by atoms with Crippen LogP contribution in [0.25, 0.3) is 0 Å². The van der Waals surface area contributed by atoms with Crippen LogP contribution in [0, 0.1) is 0 Å². The van der Waals surface area contributed by atoms with Crippen molar-refractivity contribution < 1.29 is 9.47 Å². The zero-order chi connectivity index (χ0) is 17.6. The van der Waals surface area contributed by atoms with Gasteiger partial charge < -0.3 is 14.0 Å². The van der Waals surface area contributed by atoms with Crippen molar-refractivity contribution in [2.45, 2.75) is 12.6 Å². The molecule has 1 unspecified atom stereocenters. The van der Waals surface area contributed by atoms with Crippen LogP contribution in [-0.2, 0) is 13.6 Å². The number of nitrogens with zero attached hydrogens (tertiary/aromatic N) is 3. The fourth-order valence-electron chi connectivity index (χ4n) is 2.72. The SMILES string of the molecule is COc1cc(OC)cc(C(NCc2ccccn2)c2nccn2C)c1. The molecular weight excluding hydrogens is 316 g/mol. The molecule has 2 aromatic heterocycles. The Balaban J connectivity index is 1.95. The molecule has 0 aliphatic heterocycles. The Kier molecular flexibility index (Phi) is 5.30. The van der Waals surface area contributed by atoms with Crippen LogP contribution in [0.4, 0.5) is 0 Å². The van der Waals surface area contributed by atoms with E-state index in [1.165, 1.54) is 0 Å². The van der Waals surface area contributed by atoms with Gasteiger partial charge in [0.25, 0.3) is 0 Å². The molecule has 0 spiro atoms. The van der Waals surface area contributed by atoms with Gasteiger partial charge in [0.05, 0.1) is 26.0 Å². The Morgan fingerprint density at radius 1 is 1.04 bits per heavy atom. The van der Waals surface area contributed by atoms with Crippen molar-refractivity contribution >= 4 is 0 Å². The predicted molar refractivity (Wildman–Crippen MR) is 95.7 cm³/mol. The van der Waals surface area contributed by atoms with Crippen molar-refractivity contribution in [3.05, 3.63) is 72.1 Å². The van der Waals surface area contributed by atoms with Gasteiger partial charge in [-0.25, -0.2) is 4.98 Å². The van der Waals surface area contributed by atoms with E-state index in [9.17, 15) is 0 Å². The van der Waals surface area contributed by atoms with Crippen molar-refractivity contribution in [2.24, 2.45) is 7.05 Å². The number of rotatable bonds is 7. The first kappa shape index (κ1) is 17.0. The van der Waals surface area contributed by atoms with Crippen LogP contribution >= 0.6 is 0 Å². The Morgan fingerprint density at radius 2 is 1.80 bits per heavy atom. The highest BCUT2D eigenvalue weighted by molar-refractivity contribution is 5.41. The fraction of sp³-hybridized carbons (Fsp3) is 0.263. The summed E-state index contributed by atoms with van der Waals surface area (Å²) >= 11 is 0. The maximum absolute atomic E-state index is 5.41. The molecule has 130 valence electrons. The van der Waals surface area contributed by atoms with Crippen LogP contribution in [0.2, 0.25) is 0 Å². The van der Waals surface area contributed by atoms with E-state index in [4.69, 9.17) is 9.47 Å². The van der Waals surface area contributed by atoms with E-state index in [2.05, 4.69) is 15.3 Å². The lowest BCUT2D eigenvalue weighted by Gasteiger charge is -2.20. The van der Waals surface area contributed by atoms with E-state index in [1.807, 2.05) is 54.2 Å². The summed E-state index contributed by atoms with van der Waals surface area (Å²) in [7, 11) is 5.28. The second kappa shape index (κ2) is 7.81. The van der Waals surface area contributed by atoms with Gasteiger partial charge in [0, 0.05) is 38.2 Å². The Bertz CT molecular complexity index is 795. The summed E-state index contributed by atoms with van der Waals surface area (Å²) in [6.45, 7) is 0.623. The molecule has 1 aromatic carbocycles. The van der Waals surface area contributed by atoms with E-state index < -0.39 is 0 Å². The van der Waals surface area contributed by atoms with Gasteiger partial charge in [0.15, 0.2) is 0 Å². The third-order valence-corrected chi connectivity index (χ3v) is 4.04. The number of ether oxygens (including phenoxy) is 2. The molecule has 3 rings (SSSR count). The summed E-state index contributed by atoms with van der Waals surface area (Å²) in [5, 5.41) is 3.54. The van der Waals surface area contributed by atoms with Crippen molar-refractivity contribution in [2.75, 3.05) is 14.2 Å². The monoisotopic (exact) mass is 338 g/mol. The molecule has 6 nitrogen and oxygen atoms in total. The molecule has 6 heteroatoms. The van der Waals surface area contributed by atoms with E-state index in [0.29, 0.717) is 6.54 Å². The molecular formula is C19H22N4O2. The number of nitrogens with one attached hydrogen (secondary N) is 1. The number of benzene rings is 1. The lowest BCUT2D eigenvalue weighted by molar-refractivity contribution is 0.392. The number of methoxy groups -OCH3 is 2. The molecule has 0 saturated carbocycles. The summed E-state index contributed by atoms with van der Waals surface area (Å²) in [5.41, 5.74) is 1.98. The Labute approximate surface area is 147 Å². The fourth-order valence-corrected chi connectivity index (χ4v) is 2.72. The lowest BCUT2D eigenvalue weighted by Crippen LogP contribution is -2.25. The highest BCUT2D eigenvalue weighted by Crippen LogP contribution is 2.29. The van der Waals surface area contributed by atoms with E-state index >= 15 is 0 Å². The van der Waals surface area contributed by atoms with E-state index in [-0.39, 0.29) is 6.04 Å². The van der Waals surface area contributed by atoms with Gasteiger partial charge in [-0.3, -0.25) is 10.3 Å². The topological polar surface area (TPSA) is 61.2 Å². The number of aromatic nitrogens is 3. The number of pyridine rings is 1. The average molecular weight is 338 g/mol. The van der Waals surface area contributed by atoms with Crippen LogP contribution in [0.15, 0.2) is 55.0 Å². The van der Waals surface area contributed by atoms with Crippen LogP contribution in [0.5, 0.6) is 11.5 Å². The molecule has 1 N–H and O–H groups in total. The van der Waals surface area contributed by atoms with Crippen molar-refractivity contribution in [3.8, 4) is 11.5 Å². The average Bonchev–Trinajstić information content (AvgIpc) is 3.08. The predicted octanol–water partition coefficient (Wildman–Crippen LogP) is 2.71. The number of hydrogen-bond acceptors (Lipinski definition) is 5. The summed E-state index contributed by atoms with van der Waals surface area (Å²) < 4.78 is 12.8. The van der Waals surface area contributed by atoms with Crippen LogP contribution in [0.1, 0.15) is 23.1 Å². The minimum Gasteiger partial charge on any atom is -0.497 e. The molecule has 0 radical (unpaired) electrons. The van der Waals surface area contributed by atoms with Gasteiger partial charge >= 0.3 is 0 Å². The van der Waals surface area contributed by atoms with Gasteiger partial charge in [0.1, 0.15) is 17.3 Å². The maximum Gasteiger partial charge on any atom is 0.130 e. The summed E-state index contributed by atoms with van der Waals surface area (Å²) in [5.74, 6) is 2.40. The molecule has 2 heterocycles. The van der Waals surface area contributed by atoms with E-state index in [0.717, 1.165) is 28.6 Å². The third-order valence-electron chi connectivity index (χ3n) is 4.04. The highest BCUT2D eigenvalue weighted by Gasteiger charge is 2.20. The molecule has 1 atom stereocenters. The van der Waals surface area contributed by atoms with Gasteiger partial charge in [-0.05, 0) is 29.8 Å². The van der Waals surface area contributed by atoms with Crippen LogP contribution in [0.3, 0.4) is 0 Å². The molecule has 0 fully saturated rings. The van der Waals surface area contributed by atoms with Gasteiger partial charge in [-0.15, -0.1) is 0 Å². The number of imidazole rings is 1. The molecule has 25 heavy (non-hydrogen) atoms. The summed E-state index contributed by atoms with van der Waals surface area (Å²) in [4.78, 5) is 8.89. The Hall–Kier alpha value is -2.86. The second-order valence-electron chi connectivity index (χ2n) is 5.68. The maximum atomic E-state index is 5.41. The molecule has 0 amide bonds. The van der Waals surface area contributed by atoms with Crippen molar-refractivity contribution in [1.82, 2.24) is 19.9 Å². The lowest BCUT2D eigenvalue weighted by atomic mass is 10.0. The van der Waals surface area contributed by atoms with Gasteiger partial charge in [0.2, 0.25) is 0 Å². The first-order valence-corrected chi connectivity index (χ1v) is 8.04. The van der Waals surface area contributed by atoms with Crippen LogP contribution in [-0.4, -0.2) is 28.8 Å². The third kappa shape index (κ3) is 3.97. The first-order chi connectivity index (χ1) is 12.2. The minimum atomic E-state index is -0.119. The van der Waals surface area contributed by atoms with Gasteiger partial charge in [-0.1, -0.05) is 6.07 Å². The molecule has 0 bridgehead atoms. The van der Waals surface area contributed by atoms with Crippen LogP contribution < -0.4 is 14.8 Å². The molecule has 0 saturated heterocycles. The smallest absolute Gasteiger partial charge is 0.130 e. The summed E-state index contributed by atoms with van der Waals surface area (Å²) in [6, 6.07) is 11.6. The first-order valence-electron chi connectivity index (χ1n) is 8.04. The molecule has 0 aliphatic carbocycles. The Morgan fingerprint density at radius 3 is 2.36 bits per heavy atom.